The summed E-state index contributed by atoms with van der Waals surface area (Å²) < 4.78 is 11.0. The molecule has 9 heteroatoms. The number of esters is 1. The molecule has 0 N–H and O–H groups in total. The van der Waals surface area contributed by atoms with E-state index >= 15 is 0 Å². The molecule has 4 aliphatic rings. The van der Waals surface area contributed by atoms with Crippen molar-refractivity contribution in [2.24, 2.45) is 29.6 Å². The van der Waals surface area contributed by atoms with Gasteiger partial charge in [0, 0.05) is 18.0 Å². The van der Waals surface area contributed by atoms with Gasteiger partial charge >= 0.3 is 5.97 Å². The number of ether oxygens (including phenoxy) is 2. The van der Waals surface area contributed by atoms with E-state index in [0.29, 0.717) is 33.5 Å². The van der Waals surface area contributed by atoms with E-state index in [0.717, 1.165) is 6.42 Å². The third-order valence-corrected chi connectivity index (χ3v) is 8.22. The number of aryl methyl sites for hydroxylation is 1. The topological polar surface area (TPSA) is 93.2 Å². The maximum absolute atomic E-state index is 13.2. The van der Waals surface area contributed by atoms with Crippen LogP contribution in [0.25, 0.3) is 0 Å². The van der Waals surface area contributed by atoms with Crippen LogP contribution in [-0.2, 0) is 19.2 Å². The molecular weight excluding hydrogens is 496 g/mol. The molecule has 2 aromatic rings. The molecule has 8 nitrogen and oxygen atoms in total. The first-order valence-corrected chi connectivity index (χ1v) is 12.7. The summed E-state index contributed by atoms with van der Waals surface area (Å²) in [6.45, 7) is 1.92. The fourth-order valence-electron chi connectivity index (χ4n) is 6.25. The van der Waals surface area contributed by atoms with Crippen LogP contribution in [-0.4, -0.2) is 37.3 Å². The molecule has 1 saturated carbocycles. The van der Waals surface area contributed by atoms with Crippen LogP contribution in [0.15, 0.2) is 48.6 Å². The predicted octanol–water partition coefficient (Wildman–Crippen LogP) is 3.93. The van der Waals surface area contributed by atoms with Gasteiger partial charge in [0.15, 0.2) is 0 Å². The smallest absolute Gasteiger partial charge is 0.316 e. The normalized spacial score (nSPS) is 27.9. The van der Waals surface area contributed by atoms with Gasteiger partial charge in [-0.05, 0) is 67.1 Å². The fourth-order valence-corrected chi connectivity index (χ4v) is 6.42. The van der Waals surface area contributed by atoms with Crippen LogP contribution in [0.2, 0.25) is 5.02 Å². The average Bonchev–Trinajstić information content (AvgIpc) is 3.63. The summed E-state index contributed by atoms with van der Waals surface area (Å²) in [6, 6.07) is 9.83. The van der Waals surface area contributed by atoms with Crippen molar-refractivity contribution in [2.45, 2.75) is 19.8 Å². The summed E-state index contributed by atoms with van der Waals surface area (Å²) in [5.74, 6) is -1.24. The molecule has 190 valence electrons. The summed E-state index contributed by atoms with van der Waals surface area (Å²) >= 11 is 6.11. The molecule has 3 amide bonds. The number of fused-ring (bicyclic) bond motifs is 5. The second kappa shape index (κ2) is 8.73. The Kier molecular flexibility index (Phi) is 5.60. The molecule has 3 fully saturated rings. The van der Waals surface area contributed by atoms with Crippen LogP contribution >= 0.6 is 11.6 Å². The quantitative estimate of drug-likeness (QED) is 0.257. The van der Waals surface area contributed by atoms with Crippen molar-refractivity contribution < 1.29 is 28.7 Å². The highest BCUT2D eigenvalue weighted by atomic mass is 35.5. The number of methoxy groups -OCH3 is 1. The average molecular weight is 521 g/mol. The fraction of sp³-hybridized carbons (Fsp3) is 0.357. The van der Waals surface area contributed by atoms with Crippen LogP contribution in [0.1, 0.15) is 18.4 Å². The summed E-state index contributed by atoms with van der Waals surface area (Å²) in [6.07, 6.45) is 5.00. The molecule has 2 saturated heterocycles. The minimum absolute atomic E-state index is 0.00148. The van der Waals surface area contributed by atoms with E-state index in [1.54, 1.807) is 43.3 Å². The van der Waals surface area contributed by atoms with Gasteiger partial charge in [0.1, 0.15) is 11.5 Å². The van der Waals surface area contributed by atoms with E-state index in [4.69, 9.17) is 21.1 Å². The van der Waals surface area contributed by atoms with Crippen LogP contribution in [0.4, 0.5) is 11.4 Å². The third kappa shape index (κ3) is 3.73. The molecule has 2 heterocycles. The Bertz CT molecular complexity index is 1360. The van der Waals surface area contributed by atoms with Crippen molar-refractivity contribution in [3.8, 4) is 11.5 Å². The molecule has 5 atom stereocenters. The van der Waals surface area contributed by atoms with Crippen molar-refractivity contribution in [3.63, 3.8) is 0 Å². The van der Waals surface area contributed by atoms with Crippen molar-refractivity contribution in [3.05, 3.63) is 59.1 Å². The SMILES string of the molecule is COc1ccc(Cl)cc1N1C[C@H](C(=O)Oc2ccc(N3C(=O)[C@@H]4[C@@H](C3=O)[C@H]3C=C[C@H]4C3)c(C)c2)CC1=O. The maximum Gasteiger partial charge on any atom is 0.316 e. The molecule has 2 bridgehead atoms. The second-order valence-corrected chi connectivity index (χ2v) is 10.5. The molecule has 2 aliphatic carbocycles. The van der Waals surface area contributed by atoms with Crippen molar-refractivity contribution in [2.75, 3.05) is 23.5 Å². The van der Waals surface area contributed by atoms with Crippen molar-refractivity contribution in [1.82, 2.24) is 0 Å². The van der Waals surface area contributed by atoms with Gasteiger partial charge in [-0.15, -0.1) is 0 Å². The zero-order valence-electron chi connectivity index (χ0n) is 20.3. The Morgan fingerprint density at radius 1 is 0.973 bits per heavy atom. The number of anilines is 2. The number of rotatable bonds is 5. The lowest BCUT2D eigenvalue weighted by Crippen LogP contribution is -2.33. The number of allylic oxidation sites excluding steroid dienone is 2. The van der Waals surface area contributed by atoms with Gasteiger partial charge in [-0.1, -0.05) is 23.8 Å². The van der Waals surface area contributed by atoms with Crippen LogP contribution in [0.3, 0.4) is 0 Å². The van der Waals surface area contributed by atoms with Gasteiger partial charge < -0.3 is 14.4 Å². The largest absolute Gasteiger partial charge is 0.495 e. The zero-order valence-corrected chi connectivity index (χ0v) is 21.1. The first-order chi connectivity index (χ1) is 17.8. The van der Waals surface area contributed by atoms with Gasteiger partial charge in [0.25, 0.3) is 0 Å². The maximum atomic E-state index is 13.2. The standard InChI is InChI=1S/C28H25ClN2O6/c1-14-9-19(6-7-20(14)31-26(33)24-15-3-4-16(10-15)25(24)27(31)34)37-28(35)17-11-23(32)30(13-17)21-12-18(29)5-8-22(21)36-2/h3-9,12,15-17,24-25H,10-11,13H2,1-2H3/t15-,16-,17+,24-,25-/m0/s1. The van der Waals surface area contributed by atoms with E-state index in [1.807, 2.05) is 0 Å². The first kappa shape index (κ1) is 23.7. The highest BCUT2D eigenvalue weighted by Crippen LogP contribution is 2.53. The molecule has 0 spiro atoms. The highest BCUT2D eigenvalue weighted by Gasteiger charge is 2.59. The lowest BCUT2D eigenvalue weighted by atomic mass is 9.85. The Morgan fingerprint density at radius 3 is 2.32 bits per heavy atom. The Labute approximate surface area is 218 Å². The van der Waals surface area contributed by atoms with Gasteiger partial charge in [-0.3, -0.25) is 19.2 Å². The molecule has 0 radical (unpaired) electrons. The number of amides is 3. The van der Waals surface area contributed by atoms with E-state index in [-0.39, 0.29) is 54.4 Å². The monoisotopic (exact) mass is 520 g/mol. The predicted molar refractivity (Wildman–Crippen MR) is 135 cm³/mol. The van der Waals surface area contributed by atoms with Crippen molar-refractivity contribution in [1.29, 1.82) is 0 Å². The number of imide groups is 1. The van der Waals surface area contributed by atoms with Crippen LogP contribution in [0.5, 0.6) is 11.5 Å². The number of hydrogen-bond acceptors (Lipinski definition) is 6. The number of halogens is 1. The number of carbonyl (C=O) groups excluding carboxylic acids is 4. The summed E-state index contributed by atoms with van der Waals surface area (Å²) in [5.41, 5.74) is 1.67. The zero-order chi connectivity index (χ0) is 26.0. The van der Waals surface area contributed by atoms with Gasteiger partial charge in [0.05, 0.1) is 36.2 Å². The Balaban J connectivity index is 1.16. The molecular formula is C28H25ClN2O6. The Hall–Kier alpha value is -3.65. The summed E-state index contributed by atoms with van der Waals surface area (Å²) in [7, 11) is 1.50. The molecule has 2 aromatic carbocycles. The van der Waals surface area contributed by atoms with Gasteiger partial charge in [0.2, 0.25) is 17.7 Å². The summed E-state index contributed by atoms with van der Waals surface area (Å²) in [4.78, 5) is 54.7. The molecule has 0 aromatic heterocycles. The number of carbonyl (C=O) groups is 4. The lowest BCUT2D eigenvalue weighted by molar-refractivity contribution is -0.139. The first-order valence-electron chi connectivity index (χ1n) is 12.3. The third-order valence-electron chi connectivity index (χ3n) is 7.99. The van der Waals surface area contributed by atoms with Gasteiger partial charge in [-0.25, -0.2) is 4.90 Å². The van der Waals surface area contributed by atoms with E-state index in [1.165, 1.54) is 16.9 Å². The van der Waals surface area contributed by atoms with Crippen LogP contribution < -0.4 is 19.3 Å². The minimum Gasteiger partial charge on any atom is -0.495 e. The van der Waals surface area contributed by atoms with E-state index in [9.17, 15) is 19.2 Å². The Morgan fingerprint density at radius 2 is 1.68 bits per heavy atom. The molecule has 6 rings (SSSR count). The van der Waals surface area contributed by atoms with Crippen LogP contribution in [0, 0.1) is 36.5 Å². The molecule has 0 unspecified atom stereocenters. The number of nitrogens with zero attached hydrogens (tertiary/aromatic N) is 2. The lowest BCUT2D eigenvalue weighted by Gasteiger charge is -2.20. The highest BCUT2D eigenvalue weighted by molar-refractivity contribution is 6.31. The number of benzene rings is 2. The molecule has 2 aliphatic heterocycles. The second-order valence-electron chi connectivity index (χ2n) is 10.1. The van der Waals surface area contributed by atoms with Crippen molar-refractivity contribution >= 4 is 46.7 Å². The minimum atomic E-state index is -0.666. The van der Waals surface area contributed by atoms with E-state index < -0.39 is 11.9 Å². The molecule has 37 heavy (non-hydrogen) atoms. The number of hydrogen-bond donors (Lipinski definition) is 0. The van der Waals surface area contributed by atoms with E-state index in [2.05, 4.69) is 12.2 Å². The summed E-state index contributed by atoms with van der Waals surface area (Å²) in [5, 5.41) is 0.452. The van der Waals surface area contributed by atoms with Gasteiger partial charge in [-0.2, -0.15) is 0 Å².